The van der Waals surface area contributed by atoms with Crippen LogP contribution in [0.25, 0.3) is 10.9 Å². The number of amides is 1. The summed E-state index contributed by atoms with van der Waals surface area (Å²) in [6.07, 6.45) is 0.335. The third kappa shape index (κ3) is 5.02. The Hall–Kier alpha value is -1.95. The van der Waals surface area contributed by atoms with Crippen LogP contribution in [0.3, 0.4) is 0 Å². The molecule has 0 bridgehead atoms. The number of phenolic OH excluding ortho intramolecular Hbond substituents is 1. The van der Waals surface area contributed by atoms with E-state index in [0.717, 1.165) is 28.2 Å². The predicted molar refractivity (Wildman–Crippen MR) is 95.9 cm³/mol. The maximum Gasteiger partial charge on any atom is 0.407 e. The third-order valence-electron chi connectivity index (χ3n) is 3.83. The molecule has 0 aliphatic rings. The van der Waals surface area contributed by atoms with Crippen molar-refractivity contribution in [3.8, 4) is 5.75 Å². The molecule has 3 N–H and O–H groups in total. The fourth-order valence-electron chi connectivity index (χ4n) is 2.48. The lowest BCUT2D eigenvalue weighted by molar-refractivity contribution is 0.152. The highest BCUT2D eigenvalue weighted by Gasteiger charge is 2.14. The number of carbonyl (C=O) groups excluding carboxylic acids is 1. The summed E-state index contributed by atoms with van der Waals surface area (Å²) in [6.45, 7) is 9.76. The van der Waals surface area contributed by atoms with Gasteiger partial charge in [0.15, 0.2) is 0 Å². The van der Waals surface area contributed by atoms with Crippen LogP contribution in [-0.4, -0.2) is 37.4 Å². The highest BCUT2D eigenvalue weighted by Crippen LogP contribution is 2.25. The largest absolute Gasteiger partial charge is 0.508 e. The normalized spacial score (nSPS) is 11.7. The number of alkyl carbamates (subject to hydrolysis) is 1. The number of carbonyl (C=O) groups is 1. The van der Waals surface area contributed by atoms with Gasteiger partial charge >= 0.3 is 6.09 Å². The standard InChI is InChI=1S/C17H26N2O3Si/c1-12-14(15-11-13(20)5-6-16(15)19-12)7-8-18-17(21)22-9-10-23(2,3)4/h5-6,11,19-20H,7-10H2,1-4H3,(H,18,21). The van der Waals surface area contributed by atoms with Gasteiger partial charge in [0.1, 0.15) is 5.75 Å². The summed E-state index contributed by atoms with van der Waals surface area (Å²) in [5.74, 6) is 0.247. The lowest BCUT2D eigenvalue weighted by atomic mass is 10.1. The molecule has 0 spiro atoms. The van der Waals surface area contributed by atoms with E-state index in [2.05, 4.69) is 29.9 Å². The number of aryl methyl sites for hydroxylation is 1. The van der Waals surface area contributed by atoms with Crippen molar-refractivity contribution in [2.45, 2.75) is 39.0 Å². The van der Waals surface area contributed by atoms with Crippen LogP contribution in [0.1, 0.15) is 11.3 Å². The Morgan fingerprint density at radius 2 is 2.09 bits per heavy atom. The summed E-state index contributed by atoms with van der Waals surface area (Å²) in [5.41, 5.74) is 3.16. The molecule has 0 fully saturated rings. The van der Waals surface area contributed by atoms with E-state index in [9.17, 15) is 9.90 Å². The van der Waals surface area contributed by atoms with Crippen LogP contribution >= 0.6 is 0 Å². The molecule has 0 atom stereocenters. The number of aromatic amines is 1. The summed E-state index contributed by atoms with van der Waals surface area (Å²) in [6, 6.07) is 6.25. The number of hydrogen-bond donors (Lipinski definition) is 3. The minimum atomic E-state index is -1.18. The molecule has 0 aliphatic heterocycles. The predicted octanol–water partition coefficient (Wildman–Crippen LogP) is 3.79. The van der Waals surface area contributed by atoms with Gasteiger partial charge in [-0.2, -0.15) is 0 Å². The van der Waals surface area contributed by atoms with Crippen LogP contribution in [0.2, 0.25) is 25.7 Å². The molecule has 5 nitrogen and oxygen atoms in total. The van der Waals surface area contributed by atoms with Crippen LogP contribution in [0.15, 0.2) is 18.2 Å². The molecule has 1 aromatic carbocycles. The summed E-state index contributed by atoms with van der Waals surface area (Å²) in [7, 11) is -1.18. The molecule has 1 heterocycles. The Labute approximate surface area is 138 Å². The Bertz CT molecular complexity index is 689. The molecule has 2 aromatic rings. The van der Waals surface area contributed by atoms with Crippen LogP contribution < -0.4 is 5.32 Å². The second-order valence-corrected chi connectivity index (χ2v) is 12.7. The molecule has 0 saturated heterocycles. The van der Waals surface area contributed by atoms with Gasteiger partial charge in [-0.15, -0.1) is 0 Å². The van der Waals surface area contributed by atoms with E-state index in [1.54, 1.807) is 12.1 Å². The van der Waals surface area contributed by atoms with Gasteiger partial charge in [-0.3, -0.25) is 0 Å². The lowest BCUT2D eigenvalue weighted by Crippen LogP contribution is -2.29. The van der Waals surface area contributed by atoms with Crippen LogP contribution in [0.4, 0.5) is 4.79 Å². The summed E-state index contributed by atoms with van der Waals surface area (Å²) >= 11 is 0. The molecule has 0 unspecified atom stereocenters. The molecule has 126 valence electrons. The van der Waals surface area contributed by atoms with Crippen molar-refractivity contribution < 1.29 is 14.6 Å². The molecule has 1 amide bonds. The number of H-pyrrole nitrogens is 1. The van der Waals surface area contributed by atoms with Crippen molar-refractivity contribution >= 4 is 25.1 Å². The molecular formula is C17H26N2O3Si. The zero-order valence-corrected chi connectivity index (χ0v) is 15.3. The van der Waals surface area contributed by atoms with Crippen molar-refractivity contribution in [2.75, 3.05) is 13.2 Å². The van der Waals surface area contributed by atoms with Crippen LogP contribution in [-0.2, 0) is 11.2 Å². The molecule has 2 rings (SSSR count). The minimum Gasteiger partial charge on any atom is -0.508 e. The SMILES string of the molecule is Cc1[nH]c2ccc(O)cc2c1CCNC(=O)OCC[Si](C)(C)C. The maximum atomic E-state index is 11.7. The van der Waals surface area contributed by atoms with E-state index < -0.39 is 8.07 Å². The van der Waals surface area contributed by atoms with Gasteiger partial charge in [0, 0.05) is 31.2 Å². The summed E-state index contributed by atoms with van der Waals surface area (Å²) in [4.78, 5) is 15.0. The first kappa shape index (κ1) is 17.4. The number of ether oxygens (including phenoxy) is 1. The Kier molecular flexibility index (Phi) is 5.36. The van der Waals surface area contributed by atoms with Crippen LogP contribution in [0.5, 0.6) is 5.75 Å². The van der Waals surface area contributed by atoms with Crippen molar-refractivity contribution in [2.24, 2.45) is 0 Å². The monoisotopic (exact) mass is 334 g/mol. The number of aromatic hydroxyl groups is 1. The van der Waals surface area contributed by atoms with Gasteiger partial charge in [-0.05, 0) is 43.2 Å². The molecular weight excluding hydrogens is 308 g/mol. The van der Waals surface area contributed by atoms with E-state index in [1.165, 1.54) is 0 Å². The third-order valence-corrected chi connectivity index (χ3v) is 5.54. The van der Waals surface area contributed by atoms with E-state index in [-0.39, 0.29) is 11.8 Å². The molecule has 6 heteroatoms. The first-order valence-electron chi connectivity index (χ1n) is 7.97. The Morgan fingerprint density at radius 1 is 1.35 bits per heavy atom. The van der Waals surface area contributed by atoms with E-state index >= 15 is 0 Å². The number of fused-ring (bicyclic) bond motifs is 1. The first-order chi connectivity index (χ1) is 10.8. The highest BCUT2D eigenvalue weighted by molar-refractivity contribution is 6.76. The maximum absolute atomic E-state index is 11.7. The molecule has 0 aliphatic carbocycles. The van der Waals surface area contributed by atoms with Gasteiger partial charge in [-0.25, -0.2) is 4.79 Å². The van der Waals surface area contributed by atoms with Crippen LogP contribution in [0, 0.1) is 6.92 Å². The van der Waals surface area contributed by atoms with Crippen molar-refractivity contribution in [1.82, 2.24) is 10.3 Å². The van der Waals surface area contributed by atoms with Gasteiger partial charge < -0.3 is 20.1 Å². The van der Waals surface area contributed by atoms with Gasteiger partial charge in [0.05, 0.1) is 6.61 Å². The van der Waals surface area contributed by atoms with Crippen molar-refractivity contribution in [3.63, 3.8) is 0 Å². The van der Waals surface area contributed by atoms with E-state index in [4.69, 9.17) is 4.74 Å². The molecule has 23 heavy (non-hydrogen) atoms. The molecule has 0 radical (unpaired) electrons. The van der Waals surface area contributed by atoms with E-state index in [1.807, 2.05) is 13.0 Å². The average molecular weight is 334 g/mol. The average Bonchev–Trinajstić information content (AvgIpc) is 2.73. The molecule has 0 saturated carbocycles. The van der Waals surface area contributed by atoms with Gasteiger partial charge in [-0.1, -0.05) is 19.6 Å². The quantitative estimate of drug-likeness (QED) is 0.704. The zero-order chi connectivity index (χ0) is 17.0. The summed E-state index contributed by atoms with van der Waals surface area (Å²) in [5, 5.41) is 13.4. The number of rotatable bonds is 6. The number of aromatic nitrogens is 1. The zero-order valence-electron chi connectivity index (χ0n) is 14.3. The topological polar surface area (TPSA) is 74.4 Å². The second-order valence-electron chi connectivity index (χ2n) is 7.08. The summed E-state index contributed by atoms with van der Waals surface area (Å²) < 4.78 is 5.21. The van der Waals surface area contributed by atoms with Gasteiger partial charge in [0.2, 0.25) is 0 Å². The number of phenols is 1. The number of hydrogen-bond acceptors (Lipinski definition) is 3. The number of nitrogens with one attached hydrogen (secondary N) is 2. The second kappa shape index (κ2) is 7.08. The van der Waals surface area contributed by atoms with Gasteiger partial charge in [0.25, 0.3) is 0 Å². The number of benzene rings is 1. The van der Waals surface area contributed by atoms with Crippen molar-refractivity contribution in [3.05, 3.63) is 29.5 Å². The smallest absolute Gasteiger partial charge is 0.407 e. The fourth-order valence-corrected chi connectivity index (χ4v) is 3.20. The molecule has 1 aromatic heterocycles. The van der Waals surface area contributed by atoms with Crippen molar-refractivity contribution in [1.29, 1.82) is 0 Å². The Morgan fingerprint density at radius 3 is 2.78 bits per heavy atom. The minimum absolute atomic E-state index is 0.247. The first-order valence-corrected chi connectivity index (χ1v) is 11.7. The lowest BCUT2D eigenvalue weighted by Gasteiger charge is -2.15. The fraction of sp³-hybridized carbons (Fsp3) is 0.471. The highest BCUT2D eigenvalue weighted by atomic mass is 28.3. The Balaban J connectivity index is 1.86. The van der Waals surface area contributed by atoms with E-state index in [0.29, 0.717) is 19.6 Å².